The van der Waals surface area contributed by atoms with Crippen LogP contribution in [0.4, 0.5) is 10.5 Å². The Morgan fingerprint density at radius 3 is 2.32 bits per heavy atom. The number of carbonyl (C=O) groups excluding carboxylic acids is 4. The first-order valence-electron chi connectivity index (χ1n) is 17.4. The van der Waals surface area contributed by atoms with Crippen molar-refractivity contribution in [3.05, 3.63) is 66.6 Å². The highest BCUT2D eigenvalue weighted by Gasteiger charge is 2.38. The van der Waals surface area contributed by atoms with Crippen LogP contribution in [0.2, 0.25) is 0 Å². The number of nitrogens with one attached hydrogen (secondary N) is 3. The molecule has 4 heterocycles. The molecule has 2 fully saturated rings. The number of fused-ring (bicyclic) bond motifs is 1. The largest absolute Gasteiger partial charge is 0.453 e. The zero-order valence-electron chi connectivity index (χ0n) is 29.2. The summed E-state index contributed by atoms with van der Waals surface area (Å²) in [5, 5.41) is 6.59. The number of amides is 4. The number of aromatic nitrogens is 3. The third kappa shape index (κ3) is 7.19. The van der Waals surface area contributed by atoms with Gasteiger partial charge in [0, 0.05) is 35.6 Å². The number of hydrogen-bond donors (Lipinski definition) is 3. The average Bonchev–Trinajstić information content (AvgIpc) is 3.91. The number of anilines is 1. The van der Waals surface area contributed by atoms with E-state index in [1.165, 1.54) is 7.11 Å². The van der Waals surface area contributed by atoms with Crippen LogP contribution in [0.25, 0.3) is 33.4 Å². The second-order valence-electron chi connectivity index (χ2n) is 13.7. The van der Waals surface area contributed by atoms with Crippen LogP contribution in [-0.2, 0) is 19.1 Å². The summed E-state index contributed by atoms with van der Waals surface area (Å²) in [5.41, 5.74) is 5.04. The summed E-state index contributed by atoms with van der Waals surface area (Å²) < 4.78 is 4.74. The van der Waals surface area contributed by atoms with E-state index in [4.69, 9.17) is 9.72 Å². The summed E-state index contributed by atoms with van der Waals surface area (Å²) in [4.78, 5) is 67.5. The molecule has 6 rings (SSSR count). The van der Waals surface area contributed by atoms with Crippen LogP contribution in [0.15, 0.2) is 60.8 Å². The van der Waals surface area contributed by atoms with Gasteiger partial charge < -0.3 is 30.2 Å². The number of pyridine rings is 1. The molecule has 0 unspecified atom stereocenters. The SMILES string of the molecule is COC(=O)N[C@H](C(=O)N1CCC[C@H]1c1ncc(-c2ccc(-c3ccc4cc(NC(=O)[C@@H]5CCCN5C(=O)C(C)C)ccc4n3)cc2)[nH]1)C(C)C. The Morgan fingerprint density at radius 1 is 0.880 bits per heavy atom. The summed E-state index contributed by atoms with van der Waals surface area (Å²) in [7, 11) is 1.29. The number of methoxy groups -OCH3 is 1. The van der Waals surface area contributed by atoms with Crippen LogP contribution in [0.3, 0.4) is 0 Å². The predicted octanol–water partition coefficient (Wildman–Crippen LogP) is 5.92. The number of hydrogen-bond acceptors (Lipinski definition) is 7. The number of rotatable bonds is 9. The Hall–Kier alpha value is -5.26. The molecule has 0 radical (unpaired) electrons. The molecule has 12 nitrogen and oxygen atoms in total. The average molecular weight is 680 g/mol. The molecule has 2 aromatic carbocycles. The van der Waals surface area contributed by atoms with Crippen LogP contribution in [0.1, 0.15) is 65.2 Å². The number of likely N-dealkylation sites (tertiary alicyclic amines) is 2. The molecule has 0 aliphatic carbocycles. The molecule has 0 bridgehead atoms. The van der Waals surface area contributed by atoms with E-state index in [-0.39, 0.29) is 35.6 Å². The van der Waals surface area contributed by atoms with E-state index >= 15 is 0 Å². The topological polar surface area (TPSA) is 150 Å². The predicted molar refractivity (Wildman–Crippen MR) is 191 cm³/mol. The number of imidazole rings is 1. The molecule has 2 aliphatic heterocycles. The first-order valence-corrected chi connectivity index (χ1v) is 17.4. The van der Waals surface area contributed by atoms with E-state index in [2.05, 4.69) is 20.6 Å². The molecule has 50 heavy (non-hydrogen) atoms. The smallest absolute Gasteiger partial charge is 0.407 e. The van der Waals surface area contributed by atoms with Crippen molar-refractivity contribution in [2.24, 2.45) is 11.8 Å². The second kappa shape index (κ2) is 14.7. The van der Waals surface area contributed by atoms with E-state index in [1.807, 2.05) is 82.3 Å². The number of H-pyrrole nitrogens is 1. The van der Waals surface area contributed by atoms with Crippen molar-refractivity contribution >= 4 is 40.4 Å². The van der Waals surface area contributed by atoms with Crippen molar-refractivity contribution in [2.75, 3.05) is 25.5 Å². The minimum absolute atomic E-state index is 0.0108. The second-order valence-corrected chi connectivity index (χ2v) is 13.7. The van der Waals surface area contributed by atoms with E-state index in [0.29, 0.717) is 31.0 Å². The van der Waals surface area contributed by atoms with Gasteiger partial charge in [-0.15, -0.1) is 0 Å². The molecule has 262 valence electrons. The number of aromatic amines is 1. The Kier molecular flexibility index (Phi) is 10.2. The standard InChI is InChI=1S/C38H45N7O5/c1-22(2)33(43-38(49)50-5)37(48)44-18-6-8-31(44)34-39-21-30(42-34)25-12-10-24(11-13-25)28-16-14-26-20-27(15-17-29(26)41-28)40-35(46)32-9-7-19-45(32)36(47)23(3)4/h10-17,20-23,31-33H,6-9,18-19H2,1-5H3,(H,39,42)(H,40,46)(H,43,49)/t31-,32-,33-/m0/s1. The van der Waals surface area contributed by atoms with Gasteiger partial charge >= 0.3 is 6.09 Å². The van der Waals surface area contributed by atoms with Crippen molar-refractivity contribution in [2.45, 2.75) is 71.5 Å². The molecule has 0 spiro atoms. The van der Waals surface area contributed by atoms with E-state index in [9.17, 15) is 19.2 Å². The van der Waals surface area contributed by atoms with Gasteiger partial charge in [-0.2, -0.15) is 0 Å². The molecule has 2 aromatic heterocycles. The first-order chi connectivity index (χ1) is 24.0. The number of benzene rings is 2. The zero-order valence-corrected chi connectivity index (χ0v) is 29.2. The van der Waals surface area contributed by atoms with Crippen LogP contribution in [0, 0.1) is 11.8 Å². The van der Waals surface area contributed by atoms with Gasteiger partial charge in [-0.05, 0) is 61.4 Å². The summed E-state index contributed by atoms with van der Waals surface area (Å²) >= 11 is 0. The van der Waals surface area contributed by atoms with Gasteiger partial charge in [0.1, 0.15) is 17.9 Å². The van der Waals surface area contributed by atoms with E-state index in [1.54, 1.807) is 16.0 Å². The maximum Gasteiger partial charge on any atom is 0.407 e. The van der Waals surface area contributed by atoms with Gasteiger partial charge in [-0.3, -0.25) is 14.4 Å². The molecule has 3 atom stereocenters. The highest BCUT2D eigenvalue weighted by molar-refractivity contribution is 5.99. The van der Waals surface area contributed by atoms with Crippen LogP contribution >= 0.6 is 0 Å². The van der Waals surface area contributed by atoms with E-state index < -0.39 is 18.2 Å². The van der Waals surface area contributed by atoms with Gasteiger partial charge in [0.15, 0.2) is 0 Å². The molecule has 2 saturated heterocycles. The van der Waals surface area contributed by atoms with Crippen molar-refractivity contribution < 1.29 is 23.9 Å². The molecular formula is C38H45N7O5. The van der Waals surface area contributed by atoms with Gasteiger partial charge in [-0.1, -0.05) is 58.0 Å². The maximum atomic E-state index is 13.5. The lowest BCUT2D eigenvalue weighted by Crippen LogP contribution is -2.51. The fourth-order valence-electron chi connectivity index (χ4n) is 6.89. The quantitative estimate of drug-likeness (QED) is 0.199. The molecule has 3 N–H and O–H groups in total. The monoisotopic (exact) mass is 679 g/mol. The number of ether oxygens (including phenoxy) is 1. The van der Waals surface area contributed by atoms with Gasteiger partial charge in [0.25, 0.3) is 0 Å². The Balaban J connectivity index is 1.12. The van der Waals surface area contributed by atoms with Crippen LogP contribution in [0.5, 0.6) is 0 Å². The van der Waals surface area contributed by atoms with Crippen molar-refractivity contribution in [3.63, 3.8) is 0 Å². The minimum atomic E-state index is -0.688. The summed E-state index contributed by atoms with van der Waals surface area (Å²) in [6.07, 6.45) is 4.27. The lowest BCUT2D eigenvalue weighted by atomic mass is 10.0. The van der Waals surface area contributed by atoms with Gasteiger partial charge in [0.2, 0.25) is 17.7 Å². The fourth-order valence-corrected chi connectivity index (χ4v) is 6.89. The van der Waals surface area contributed by atoms with E-state index in [0.717, 1.165) is 52.7 Å². The Morgan fingerprint density at radius 2 is 1.60 bits per heavy atom. The highest BCUT2D eigenvalue weighted by atomic mass is 16.5. The number of carbonyl (C=O) groups is 4. The highest BCUT2D eigenvalue weighted by Crippen LogP contribution is 2.33. The minimum Gasteiger partial charge on any atom is -0.453 e. The molecule has 2 aliphatic rings. The molecule has 4 aromatic rings. The third-order valence-electron chi connectivity index (χ3n) is 9.62. The molecule has 0 saturated carbocycles. The molecule has 4 amide bonds. The first kappa shape index (κ1) is 34.6. The molecule has 12 heteroatoms. The van der Waals surface area contributed by atoms with Gasteiger partial charge in [-0.25, -0.2) is 14.8 Å². The lowest BCUT2D eigenvalue weighted by Gasteiger charge is -2.30. The summed E-state index contributed by atoms with van der Waals surface area (Å²) in [6, 6.07) is 16.3. The Labute approximate surface area is 292 Å². The van der Waals surface area contributed by atoms with Gasteiger partial charge in [0.05, 0.1) is 36.3 Å². The maximum absolute atomic E-state index is 13.5. The fraction of sp³-hybridized carbons (Fsp3) is 0.421. The number of alkyl carbamates (subject to hydrolysis) is 1. The summed E-state index contributed by atoms with van der Waals surface area (Å²) in [5.74, 6) is 0.171. The van der Waals surface area contributed by atoms with Crippen molar-refractivity contribution in [1.29, 1.82) is 0 Å². The van der Waals surface area contributed by atoms with Crippen molar-refractivity contribution in [3.8, 4) is 22.5 Å². The van der Waals surface area contributed by atoms with Crippen LogP contribution in [-0.4, -0.2) is 80.8 Å². The lowest BCUT2D eigenvalue weighted by molar-refractivity contribution is -0.139. The normalized spacial score (nSPS) is 18.1. The van der Waals surface area contributed by atoms with Crippen molar-refractivity contribution in [1.82, 2.24) is 30.1 Å². The van der Waals surface area contributed by atoms with Crippen LogP contribution < -0.4 is 10.6 Å². The number of nitrogens with zero attached hydrogens (tertiary/aromatic N) is 4. The zero-order chi connectivity index (χ0) is 35.5. The third-order valence-corrected chi connectivity index (χ3v) is 9.62. The Bertz CT molecular complexity index is 1890. The molecular weight excluding hydrogens is 634 g/mol. The summed E-state index contributed by atoms with van der Waals surface area (Å²) in [6.45, 7) is 8.72.